The maximum absolute atomic E-state index is 12.6. The molecule has 168 valence electrons. The first kappa shape index (κ1) is 23.0. The first-order chi connectivity index (χ1) is 13.6. The number of Topliss-reactive ketones (excluding diaryl/α,β-unsaturated/α-hetero) is 1. The Labute approximate surface area is 170 Å². The van der Waals surface area contributed by atoms with Crippen LogP contribution in [0.25, 0.3) is 0 Å². The van der Waals surface area contributed by atoms with E-state index in [1.54, 1.807) is 13.8 Å². The van der Waals surface area contributed by atoms with Gasteiger partial charge in [0.2, 0.25) is 0 Å². The summed E-state index contributed by atoms with van der Waals surface area (Å²) in [5, 5.41) is 60.0. The van der Waals surface area contributed by atoms with Gasteiger partial charge in [-0.1, -0.05) is 0 Å². The summed E-state index contributed by atoms with van der Waals surface area (Å²) < 4.78 is 11.5. The van der Waals surface area contributed by atoms with E-state index in [0.29, 0.717) is 25.7 Å². The summed E-state index contributed by atoms with van der Waals surface area (Å²) in [6, 6.07) is 0. The molecule has 1 aliphatic heterocycles. The standard InChI is InChI=1S/C20H34O9/c1-19(2,29-18-17(27)16(26)15(25)13(8-21)28-18)10-5-6-20(9-22)11(7-10)12(23)3-4-14(20)24/h10-11,13-18,21-22,24-27H,3-9H2,1-2H3. The summed E-state index contributed by atoms with van der Waals surface area (Å²) in [5.74, 6) is -0.542. The van der Waals surface area contributed by atoms with Crippen LogP contribution < -0.4 is 0 Å². The van der Waals surface area contributed by atoms with Crippen molar-refractivity contribution in [1.29, 1.82) is 0 Å². The number of rotatable bonds is 5. The zero-order valence-electron chi connectivity index (χ0n) is 17.0. The quantitative estimate of drug-likeness (QED) is 0.319. The maximum Gasteiger partial charge on any atom is 0.187 e. The minimum absolute atomic E-state index is 0.0395. The predicted octanol–water partition coefficient (Wildman–Crippen LogP) is -1.30. The third-order valence-corrected chi connectivity index (χ3v) is 7.43. The van der Waals surface area contributed by atoms with Crippen molar-refractivity contribution in [2.24, 2.45) is 17.3 Å². The van der Waals surface area contributed by atoms with Gasteiger partial charge in [0.15, 0.2) is 6.29 Å². The number of fused-ring (bicyclic) bond motifs is 1. The van der Waals surface area contributed by atoms with E-state index in [9.17, 15) is 35.4 Å². The van der Waals surface area contributed by atoms with Crippen LogP contribution in [0.2, 0.25) is 0 Å². The summed E-state index contributed by atoms with van der Waals surface area (Å²) in [7, 11) is 0. The summed E-state index contributed by atoms with van der Waals surface area (Å²) in [6.45, 7) is 2.82. The van der Waals surface area contributed by atoms with Gasteiger partial charge in [-0.15, -0.1) is 0 Å². The molecular weight excluding hydrogens is 384 g/mol. The van der Waals surface area contributed by atoms with Gasteiger partial charge in [0.25, 0.3) is 0 Å². The normalized spacial score (nSPS) is 46.4. The minimum Gasteiger partial charge on any atom is -0.396 e. The first-order valence-corrected chi connectivity index (χ1v) is 10.4. The highest BCUT2D eigenvalue weighted by Crippen LogP contribution is 2.53. The Morgan fingerprint density at radius 3 is 2.41 bits per heavy atom. The molecule has 6 N–H and O–H groups in total. The van der Waals surface area contributed by atoms with Gasteiger partial charge >= 0.3 is 0 Å². The molecule has 9 nitrogen and oxygen atoms in total. The van der Waals surface area contributed by atoms with Gasteiger partial charge in [0.05, 0.1) is 24.9 Å². The van der Waals surface area contributed by atoms with E-state index in [1.807, 2.05) is 0 Å². The SMILES string of the molecule is CC(C)(OC1OC(CO)C(O)C(O)C1O)C1CCC2(CO)C(O)CCC(=O)C2C1. The lowest BCUT2D eigenvalue weighted by molar-refractivity contribution is -0.330. The number of ketones is 1. The molecule has 29 heavy (non-hydrogen) atoms. The molecule has 0 radical (unpaired) electrons. The Bertz CT molecular complexity index is 595. The second-order valence-electron chi connectivity index (χ2n) is 9.35. The average Bonchev–Trinajstić information content (AvgIpc) is 2.70. The van der Waals surface area contributed by atoms with Crippen LogP contribution >= 0.6 is 0 Å². The maximum atomic E-state index is 12.6. The molecule has 0 aromatic rings. The van der Waals surface area contributed by atoms with E-state index < -0.39 is 60.4 Å². The first-order valence-electron chi connectivity index (χ1n) is 10.4. The Balaban J connectivity index is 1.74. The van der Waals surface area contributed by atoms with Crippen LogP contribution in [0.1, 0.15) is 46.0 Å². The molecule has 0 aromatic carbocycles. The summed E-state index contributed by atoms with van der Waals surface area (Å²) in [5.41, 5.74) is -1.68. The smallest absolute Gasteiger partial charge is 0.187 e. The molecule has 2 saturated carbocycles. The van der Waals surface area contributed by atoms with E-state index in [1.165, 1.54) is 0 Å². The van der Waals surface area contributed by atoms with Crippen LogP contribution in [-0.4, -0.2) is 92.0 Å². The van der Waals surface area contributed by atoms with Crippen LogP contribution in [0.4, 0.5) is 0 Å². The monoisotopic (exact) mass is 418 g/mol. The molecule has 3 aliphatic rings. The van der Waals surface area contributed by atoms with Gasteiger partial charge in [-0.3, -0.25) is 4.79 Å². The molecule has 9 atom stereocenters. The van der Waals surface area contributed by atoms with Crippen LogP contribution in [0.15, 0.2) is 0 Å². The van der Waals surface area contributed by atoms with E-state index in [0.717, 1.165) is 0 Å². The lowest BCUT2D eigenvalue weighted by Crippen LogP contribution is -2.61. The molecule has 3 rings (SSSR count). The Kier molecular flexibility index (Phi) is 6.72. The zero-order valence-corrected chi connectivity index (χ0v) is 17.0. The largest absolute Gasteiger partial charge is 0.396 e. The number of hydrogen-bond donors (Lipinski definition) is 6. The Hall–Kier alpha value is -0.650. The number of carbonyl (C=O) groups is 1. The van der Waals surface area contributed by atoms with Crippen molar-refractivity contribution < 1.29 is 44.9 Å². The zero-order chi connectivity index (χ0) is 21.6. The van der Waals surface area contributed by atoms with E-state index in [-0.39, 0.29) is 24.7 Å². The van der Waals surface area contributed by atoms with Crippen molar-refractivity contribution in [2.75, 3.05) is 13.2 Å². The number of carbonyl (C=O) groups excluding carboxylic acids is 1. The predicted molar refractivity (Wildman–Crippen MR) is 99.5 cm³/mol. The summed E-state index contributed by atoms with van der Waals surface area (Å²) >= 11 is 0. The highest BCUT2D eigenvalue weighted by Gasteiger charge is 2.56. The number of hydrogen-bond acceptors (Lipinski definition) is 9. The van der Waals surface area contributed by atoms with Crippen molar-refractivity contribution in [3.63, 3.8) is 0 Å². The molecule has 0 bridgehead atoms. The van der Waals surface area contributed by atoms with Crippen LogP contribution in [0.3, 0.4) is 0 Å². The fraction of sp³-hybridized carbons (Fsp3) is 0.950. The Morgan fingerprint density at radius 1 is 1.10 bits per heavy atom. The lowest BCUT2D eigenvalue weighted by Gasteiger charge is -2.53. The molecule has 3 fully saturated rings. The van der Waals surface area contributed by atoms with Crippen LogP contribution in [-0.2, 0) is 14.3 Å². The Morgan fingerprint density at radius 2 is 1.79 bits per heavy atom. The van der Waals surface area contributed by atoms with Crippen LogP contribution in [0, 0.1) is 17.3 Å². The van der Waals surface area contributed by atoms with E-state index >= 15 is 0 Å². The number of ether oxygens (including phenoxy) is 2. The van der Waals surface area contributed by atoms with Crippen molar-refractivity contribution in [1.82, 2.24) is 0 Å². The number of aliphatic hydroxyl groups is 6. The molecule has 2 aliphatic carbocycles. The molecule has 0 amide bonds. The second-order valence-corrected chi connectivity index (χ2v) is 9.35. The van der Waals surface area contributed by atoms with Crippen molar-refractivity contribution in [3.05, 3.63) is 0 Å². The molecule has 1 heterocycles. The third kappa shape index (κ3) is 3.99. The molecule has 0 spiro atoms. The van der Waals surface area contributed by atoms with Crippen LogP contribution in [0.5, 0.6) is 0 Å². The fourth-order valence-corrected chi connectivity index (χ4v) is 5.33. The summed E-state index contributed by atoms with van der Waals surface area (Å²) in [6.07, 6.45) is -5.34. The topological polar surface area (TPSA) is 157 Å². The van der Waals surface area contributed by atoms with Crippen molar-refractivity contribution in [3.8, 4) is 0 Å². The minimum atomic E-state index is -1.52. The average molecular weight is 418 g/mol. The van der Waals surface area contributed by atoms with Gasteiger partial charge in [-0.25, -0.2) is 0 Å². The highest BCUT2D eigenvalue weighted by molar-refractivity contribution is 5.83. The summed E-state index contributed by atoms with van der Waals surface area (Å²) in [4.78, 5) is 12.6. The van der Waals surface area contributed by atoms with Gasteiger partial charge in [0, 0.05) is 17.8 Å². The van der Waals surface area contributed by atoms with Gasteiger partial charge in [-0.05, 0) is 45.4 Å². The van der Waals surface area contributed by atoms with Gasteiger partial charge in [-0.2, -0.15) is 0 Å². The van der Waals surface area contributed by atoms with Crippen molar-refractivity contribution >= 4 is 5.78 Å². The lowest BCUT2D eigenvalue weighted by atomic mass is 9.54. The highest BCUT2D eigenvalue weighted by atomic mass is 16.7. The van der Waals surface area contributed by atoms with E-state index in [4.69, 9.17) is 9.47 Å². The number of aliphatic hydroxyl groups excluding tert-OH is 6. The van der Waals surface area contributed by atoms with Gasteiger partial charge < -0.3 is 40.1 Å². The van der Waals surface area contributed by atoms with Crippen molar-refractivity contribution in [2.45, 2.75) is 88.4 Å². The van der Waals surface area contributed by atoms with Gasteiger partial charge in [0.1, 0.15) is 30.2 Å². The second kappa shape index (κ2) is 8.47. The molecule has 9 unspecified atom stereocenters. The van der Waals surface area contributed by atoms with E-state index in [2.05, 4.69) is 0 Å². The fourth-order valence-electron chi connectivity index (χ4n) is 5.33. The molecule has 1 saturated heterocycles. The molecule has 0 aromatic heterocycles. The molecule has 9 heteroatoms. The third-order valence-electron chi connectivity index (χ3n) is 7.43. The molecular formula is C20H34O9.